The van der Waals surface area contributed by atoms with Crippen LogP contribution in [0.2, 0.25) is 0 Å². The quantitative estimate of drug-likeness (QED) is 0.727. The second-order valence-electron chi connectivity index (χ2n) is 4.53. The third-order valence-electron chi connectivity index (χ3n) is 2.75. The molecule has 2 amide bonds. The van der Waals surface area contributed by atoms with Crippen molar-refractivity contribution in [2.24, 2.45) is 0 Å². The third kappa shape index (κ3) is 6.56. The SMILES string of the molecule is CC[C@@H](NC(=O)CNC(C)=O)C(=O)OCc1ccccc1. The molecule has 21 heavy (non-hydrogen) atoms. The molecule has 0 saturated heterocycles. The second kappa shape index (κ2) is 8.73. The maximum Gasteiger partial charge on any atom is 0.328 e. The van der Waals surface area contributed by atoms with E-state index in [0.29, 0.717) is 6.42 Å². The molecule has 0 aromatic heterocycles. The largest absolute Gasteiger partial charge is 0.459 e. The molecule has 1 aromatic carbocycles. The van der Waals surface area contributed by atoms with E-state index in [0.717, 1.165) is 5.56 Å². The second-order valence-corrected chi connectivity index (χ2v) is 4.53. The molecule has 6 nitrogen and oxygen atoms in total. The zero-order valence-corrected chi connectivity index (χ0v) is 12.2. The molecule has 1 aromatic rings. The average molecular weight is 292 g/mol. The Morgan fingerprint density at radius 1 is 1.19 bits per heavy atom. The first-order valence-electron chi connectivity index (χ1n) is 6.77. The smallest absolute Gasteiger partial charge is 0.328 e. The Balaban J connectivity index is 2.42. The van der Waals surface area contributed by atoms with E-state index in [-0.39, 0.29) is 19.1 Å². The van der Waals surface area contributed by atoms with Gasteiger partial charge in [-0.3, -0.25) is 9.59 Å². The van der Waals surface area contributed by atoms with Crippen LogP contribution in [-0.4, -0.2) is 30.4 Å². The van der Waals surface area contributed by atoms with E-state index in [4.69, 9.17) is 4.74 Å². The Hall–Kier alpha value is -2.37. The fraction of sp³-hybridized carbons (Fsp3) is 0.400. The summed E-state index contributed by atoms with van der Waals surface area (Å²) >= 11 is 0. The van der Waals surface area contributed by atoms with Gasteiger partial charge in [0.1, 0.15) is 12.6 Å². The van der Waals surface area contributed by atoms with Crippen LogP contribution in [0.4, 0.5) is 0 Å². The van der Waals surface area contributed by atoms with E-state index in [2.05, 4.69) is 10.6 Å². The van der Waals surface area contributed by atoms with Crippen molar-refractivity contribution in [2.45, 2.75) is 32.9 Å². The zero-order valence-electron chi connectivity index (χ0n) is 12.2. The number of ether oxygens (including phenoxy) is 1. The molecule has 1 atom stereocenters. The first-order valence-corrected chi connectivity index (χ1v) is 6.77. The monoisotopic (exact) mass is 292 g/mol. The van der Waals surface area contributed by atoms with Gasteiger partial charge in [0.05, 0.1) is 6.54 Å². The van der Waals surface area contributed by atoms with Crippen LogP contribution in [0, 0.1) is 0 Å². The van der Waals surface area contributed by atoms with E-state index in [9.17, 15) is 14.4 Å². The first kappa shape index (κ1) is 16.7. The van der Waals surface area contributed by atoms with Gasteiger partial charge in [-0.1, -0.05) is 37.3 Å². The number of rotatable bonds is 7. The molecule has 0 aliphatic rings. The Bertz CT molecular complexity index is 488. The van der Waals surface area contributed by atoms with Crippen molar-refractivity contribution < 1.29 is 19.1 Å². The summed E-state index contributed by atoms with van der Waals surface area (Å²) in [7, 11) is 0. The molecule has 0 heterocycles. The summed E-state index contributed by atoms with van der Waals surface area (Å²) in [5.41, 5.74) is 0.880. The van der Waals surface area contributed by atoms with E-state index < -0.39 is 17.9 Å². The molecule has 114 valence electrons. The fourth-order valence-electron chi connectivity index (χ4n) is 1.61. The van der Waals surface area contributed by atoms with Crippen LogP contribution in [0.5, 0.6) is 0 Å². The van der Waals surface area contributed by atoms with Crippen LogP contribution in [0.1, 0.15) is 25.8 Å². The summed E-state index contributed by atoms with van der Waals surface area (Å²) in [6.45, 7) is 3.10. The highest BCUT2D eigenvalue weighted by Gasteiger charge is 2.20. The van der Waals surface area contributed by atoms with Crippen molar-refractivity contribution in [1.82, 2.24) is 10.6 Å². The van der Waals surface area contributed by atoms with Crippen LogP contribution in [0.25, 0.3) is 0 Å². The van der Waals surface area contributed by atoms with Gasteiger partial charge in [0, 0.05) is 6.92 Å². The molecule has 1 rings (SSSR count). The molecule has 0 radical (unpaired) electrons. The summed E-state index contributed by atoms with van der Waals surface area (Å²) in [5.74, 6) is -1.21. The van der Waals surface area contributed by atoms with Crippen molar-refractivity contribution in [3.05, 3.63) is 35.9 Å². The van der Waals surface area contributed by atoms with Gasteiger partial charge in [-0.25, -0.2) is 4.79 Å². The van der Waals surface area contributed by atoms with E-state index in [1.807, 2.05) is 30.3 Å². The lowest BCUT2D eigenvalue weighted by Gasteiger charge is -2.16. The molecule has 0 saturated carbocycles. The van der Waals surface area contributed by atoms with Crippen molar-refractivity contribution in [2.75, 3.05) is 6.54 Å². The number of carbonyl (C=O) groups is 3. The molecule has 0 spiro atoms. The molecule has 0 bridgehead atoms. The summed E-state index contributed by atoms with van der Waals surface area (Å²) in [5, 5.41) is 4.90. The average Bonchev–Trinajstić information content (AvgIpc) is 2.49. The van der Waals surface area contributed by atoms with Gasteiger partial charge >= 0.3 is 5.97 Å². The number of esters is 1. The van der Waals surface area contributed by atoms with Crippen molar-refractivity contribution in [1.29, 1.82) is 0 Å². The Morgan fingerprint density at radius 2 is 1.86 bits per heavy atom. The highest BCUT2D eigenvalue weighted by atomic mass is 16.5. The van der Waals surface area contributed by atoms with Crippen LogP contribution in [0.15, 0.2) is 30.3 Å². The maximum absolute atomic E-state index is 11.9. The fourth-order valence-corrected chi connectivity index (χ4v) is 1.61. The van der Waals surface area contributed by atoms with Gasteiger partial charge in [-0.2, -0.15) is 0 Å². The van der Waals surface area contributed by atoms with Crippen molar-refractivity contribution in [3.63, 3.8) is 0 Å². The normalized spacial score (nSPS) is 11.3. The minimum Gasteiger partial charge on any atom is -0.459 e. The van der Waals surface area contributed by atoms with Gasteiger partial charge in [0.15, 0.2) is 0 Å². The standard InChI is InChI=1S/C15H20N2O4/c1-3-13(17-14(19)9-16-11(2)18)15(20)21-10-12-7-5-4-6-8-12/h4-8,13H,3,9-10H2,1-2H3,(H,16,18)(H,17,19)/t13-/m1/s1. The summed E-state index contributed by atoms with van der Waals surface area (Å²) in [6, 6.07) is 8.58. The van der Waals surface area contributed by atoms with Gasteiger partial charge in [0.2, 0.25) is 11.8 Å². The first-order chi connectivity index (χ1) is 10.0. The zero-order chi connectivity index (χ0) is 15.7. The number of nitrogens with one attached hydrogen (secondary N) is 2. The van der Waals surface area contributed by atoms with Crippen LogP contribution in [0.3, 0.4) is 0 Å². The van der Waals surface area contributed by atoms with Gasteiger partial charge in [-0.05, 0) is 12.0 Å². The lowest BCUT2D eigenvalue weighted by Crippen LogP contribution is -2.45. The summed E-state index contributed by atoms with van der Waals surface area (Å²) in [4.78, 5) is 34.2. The summed E-state index contributed by atoms with van der Waals surface area (Å²) < 4.78 is 5.17. The minimum atomic E-state index is -0.713. The van der Waals surface area contributed by atoms with Crippen molar-refractivity contribution >= 4 is 17.8 Å². The topological polar surface area (TPSA) is 84.5 Å². The van der Waals surface area contributed by atoms with Crippen molar-refractivity contribution in [3.8, 4) is 0 Å². The molecule has 0 aliphatic carbocycles. The lowest BCUT2D eigenvalue weighted by molar-refractivity contribution is -0.149. The Morgan fingerprint density at radius 3 is 2.43 bits per heavy atom. The highest BCUT2D eigenvalue weighted by molar-refractivity contribution is 5.87. The van der Waals surface area contributed by atoms with Gasteiger partial charge < -0.3 is 15.4 Å². The van der Waals surface area contributed by atoms with E-state index in [1.165, 1.54) is 6.92 Å². The number of amides is 2. The molecule has 0 fully saturated rings. The molecular formula is C15H20N2O4. The van der Waals surface area contributed by atoms with Gasteiger partial charge in [0.25, 0.3) is 0 Å². The van der Waals surface area contributed by atoms with Crippen LogP contribution < -0.4 is 10.6 Å². The molecule has 0 unspecified atom stereocenters. The number of hydrogen-bond donors (Lipinski definition) is 2. The number of hydrogen-bond acceptors (Lipinski definition) is 4. The molecular weight excluding hydrogens is 272 g/mol. The van der Waals surface area contributed by atoms with Crippen LogP contribution >= 0.6 is 0 Å². The maximum atomic E-state index is 11.9. The Labute approximate surface area is 123 Å². The van der Waals surface area contributed by atoms with Gasteiger partial charge in [-0.15, -0.1) is 0 Å². The number of benzene rings is 1. The van der Waals surface area contributed by atoms with Crippen LogP contribution in [-0.2, 0) is 25.7 Å². The predicted octanol–water partition coefficient (Wildman–Crippen LogP) is 0.761. The third-order valence-corrected chi connectivity index (χ3v) is 2.75. The summed E-state index contributed by atoms with van der Waals surface area (Å²) in [6.07, 6.45) is 0.416. The molecule has 0 aliphatic heterocycles. The van der Waals surface area contributed by atoms with E-state index in [1.54, 1.807) is 6.92 Å². The predicted molar refractivity (Wildman–Crippen MR) is 77.1 cm³/mol. The number of carbonyl (C=O) groups excluding carboxylic acids is 3. The lowest BCUT2D eigenvalue weighted by atomic mass is 10.2. The minimum absolute atomic E-state index is 0.155. The molecule has 6 heteroatoms. The molecule has 2 N–H and O–H groups in total. The van der Waals surface area contributed by atoms with E-state index >= 15 is 0 Å². The highest BCUT2D eigenvalue weighted by Crippen LogP contribution is 2.03. The Kier molecular flexibility index (Phi) is 6.94.